The van der Waals surface area contributed by atoms with Gasteiger partial charge in [-0.15, -0.1) is 0 Å². The Bertz CT molecular complexity index is 795. The van der Waals surface area contributed by atoms with E-state index in [1.165, 1.54) is 5.56 Å². The van der Waals surface area contributed by atoms with Gasteiger partial charge in [-0.3, -0.25) is 4.98 Å². The maximum atomic E-state index is 5.37. The molecule has 0 atom stereocenters. The number of para-hydroxylation sites is 1. The van der Waals surface area contributed by atoms with Gasteiger partial charge in [0.15, 0.2) is 0 Å². The molecule has 2 N–H and O–H groups in total. The van der Waals surface area contributed by atoms with E-state index in [2.05, 4.69) is 31.7 Å². The average molecular weight is 335 g/mol. The van der Waals surface area contributed by atoms with Crippen LogP contribution in [0.25, 0.3) is 0 Å². The van der Waals surface area contributed by atoms with Gasteiger partial charge in [-0.05, 0) is 35.7 Å². The molecule has 2 heterocycles. The Morgan fingerprint density at radius 2 is 1.72 bits per heavy atom. The van der Waals surface area contributed by atoms with Crippen LogP contribution >= 0.6 is 0 Å². The molecule has 0 aliphatic heterocycles. The zero-order valence-corrected chi connectivity index (χ0v) is 14.1. The second-order valence-electron chi connectivity index (χ2n) is 5.49. The summed E-state index contributed by atoms with van der Waals surface area (Å²) in [4.78, 5) is 12.5. The Balaban J connectivity index is 1.53. The molecule has 1 aromatic carbocycles. The molecule has 3 rings (SSSR count). The maximum Gasteiger partial charge on any atom is 0.131 e. The molecule has 0 saturated heterocycles. The highest BCUT2D eigenvalue weighted by atomic mass is 16.5. The number of pyridine rings is 1. The number of hydrogen-bond acceptors (Lipinski definition) is 6. The normalized spacial score (nSPS) is 10.3. The summed E-state index contributed by atoms with van der Waals surface area (Å²) in [5.74, 6) is 2.49. The van der Waals surface area contributed by atoms with Gasteiger partial charge < -0.3 is 15.4 Å². The van der Waals surface area contributed by atoms with Crippen LogP contribution in [-0.2, 0) is 13.0 Å². The first-order valence-electron chi connectivity index (χ1n) is 8.16. The molecule has 0 aliphatic carbocycles. The van der Waals surface area contributed by atoms with Crippen LogP contribution in [0.3, 0.4) is 0 Å². The molecule has 128 valence electrons. The molecule has 0 amide bonds. The van der Waals surface area contributed by atoms with Crippen LogP contribution in [0.2, 0.25) is 0 Å². The van der Waals surface area contributed by atoms with Crippen LogP contribution < -0.4 is 15.4 Å². The number of nitrogens with one attached hydrogen (secondary N) is 2. The molecule has 6 heteroatoms. The van der Waals surface area contributed by atoms with Gasteiger partial charge in [-0.2, -0.15) is 0 Å². The Morgan fingerprint density at radius 1 is 0.960 bits per heavy atom. The number of benzene rings is 1. The van der Waals surface area contributed by atoms with Crippen molar-refractivity contribution in [2.75, 3.05) is 24.3 Å². The van der Waals surface area contributed by atoms with E-state index in [1.807, 2.05) is 36.4 Å². The summed E-state index contributed by atoms with van der Waals surface area (Å²) in [6.45, 7) is 1.46. The average Bonchev–Trinajstić information content (AvgIpc) is 2.68. The highest BCUT2D eigenvalue weighted by Crippen LogP contribution is 2.18. The first-order valence-corrected chi connectivity index (χ1v) is 8.16. The molecule has 0 saturated carbocycles. The second-order valence-corrected chi connectivity index (χ2v) is 5.49. The lowest BCUT2D eigenvalue weighted by Gasteiger charge is -2.10. The van der Waals surface area contributed by atoms with Crippen LogP contribution in [-0.4, -0.2) is 28.6 Å². The van der Waals surface area contributed by atoms with Gasteiger partial charge in [0.2, 0.25) is 0 Å². The lowest BCUT2D eigenvalue weighted by molar-refractivity contribution is 0.410. The highest BCUT2D eigenvalue weighted by Gasteiger charge is 2.03. The lowest BCUT2D eigenvalue weighted by atomic mass is 10.1. The van der Waals surface area contributed by atoms with Crippen molar-refractivity contribution in [2.24, 2.45) is 0 Å². The Hall–Kier alpha value is -3.15. The van der Waals surface area contributed by atoms with Gasteiger partial charge in [-0.1, -0.05) is 18.2 Å². The summed E-state index contributed by atoms with van der Waals surface area (Å²) in [6.07, 6.45) is 5.97. The van der Waals surface area contributed by atoms with E-state index in [1.54, 1.807) is 25.8 Å². The molecule has 0 bridgehead atoms. The van der Waals surface area contributed by atoms with E-state index in [0.29, 0.717) is 6.54 Å². The fraction of sp³-hybridized carbons (Fsp3) is 0.211. The maximum absolute atomic E-state index is 5.37. The third-order valence-corrected chi connectivity index (χ3v) is 3.78. The summed E-state index contributed by atoms with van der Waals surface area (Å²) in [5.41, 5.74) is 2.32. The second kappa shape index (κ2) is 8.63. The standard InChI is InChI=1S/C19H21N5O/c1-25-17-5-3-2-4-16(17)8-11-21-18-12-19(24-14-23-18)22-13-15-6-9-20-10-7-15/h2-7,9-10,12,14H,8,11,13H2,1H3,(H2,21,22,23,24). The smallest absolute Gasteiger partial charge is 0.131 e. The highest BCUT2D eigenvalue weighted by molar-refractivity contribution is 5.47. The predicted molar refractivity (Wildman–Crippen MR) is 98.8 cm³/mol. The molecule has 0 fully saturated rings. The van der Waals surface area contributed by atoms with Crippen molar-refractivity contribution in [1.29, 1.82) is 0 Å². The fourth-order valence-electron chi connectivity index (χ4n) is 2.48. The molecule has 3 aromatic rings. The van der Waals surface area contributed by atoms with Crippen molar-refractivity contribution < 1.29 is 4.74 Å². The fourth-order valence-corrected chi connectivity index (χ4v) is 2.48. The minimum atomic E-state index is 0.695. The van der Waals surface area contributed by atoms with Crippen molar-refractivity contribution >= 4 is 11.6 Å². The van der Waals surface area contributed by atoms with E-state index in [0.717, 1.165) is 35.9 Å². The number of methoxy groups -OCH3 is 1. The molecule has 0 spiro atoms. The van der Waals surface area contributed by atoms with Gasteiger partial charge in [-0.25, -0.2) is 9.97 Å². The van der Waals surface area contributed by atoms with Crippen molar-refractivity contribution in [1.82, 2.24) is 15.0 Å². The van der Waals surface area contributed by atoms with Gasteiger partial charge in [0.25, 0.3) is 0 Å². The first-order chi connectivity index (χ1) is 12.3. The van der Waals surface area contributed by atoms with E-state index >= 15 is 0 Å². The van der Waals surface area contributed by atoms with Crippen molar-refractivity contribution in [3.8, 4) is 5.75 Å². The van der Waals surface area contributed by atoms with Crippen LogP contribution in [0.15, 0.2) is 61.2 Å². The van der Waals surface area contributed by atoms with Crippen LogP contribution in [0.5, 0.6) is 5.75 Å². The Morgan fingerprint density at radius 3 is 2.52 bits per heavy atom. The monoisotopic (exact) mass is 335 g/mol. The molecular formula is C19H21N5O. The van der Waals surface area contributed by atoms with E-state index in [9.17, 15) is 0 Å². The first kappa shape index (κ1) is 16.7. The van der Waals surface area contributed by atoms with Gasteiger partial charge in [0, 0.05) is 31.5 Å². The zero-order chi connectivity index (χ0) is 17.3. The summed E-state index contributed by atoms with van der Waals surface area (Å²) in [5, 5.41) is 6.62. The summed E-state index contributed by atoms with van der Waals surface area (Å²) in [7, 11) is 1.69. The lowest BCUT2D eigenvalue weighted by Crippen LogP contribution is -2.08. The van der Waals surface area contributed by atoms with Crippen LogP contribution in [0.4, 0.5) is 11.6 Å². The number of anilines is 2. The van der Waals surface area contributed by atoms with E-state index in [4.69, 9.17) is 4.74 Å². The van der Waals surface area contributed by atoms with Crippen LogP contribution in [0.1, 0.15) is 11.1 Å². The Labute approximate surface area is 147 Å². The topological polar surface area (TPSA) is 72.0 Å². The van der Waals surface area contributed by atoms with Crippen molar-refractivity contribution in [2.45, 2.75) is 13.0 Å². The predicted octanol–water partition coefficient (Wildman–Crippen LogP) is 3.15. The molecule has 25 heavy (non-hydrogen) atoms. The van der Waals surface area contributed by atoms with Gasteiger partial charge >= 0.3 is 0 Å². The molecule has 6 nitrogen and oxygen atoms in total. The van der Waals surface area contributed by atoms with E-state index in [-0.39, 0.29) is 0 Å². The van der Waals surface area contributed by atoms with Gasteiger partial charge in [0.1, 0.15) is 23.7 Å². The van der Waals surface area contributed by atoms with Gasteiger partial charge in [0.05, 0.1) is 7.11 Å². The summed E-state index contributed by atoms with van der Waals surface area (Å²) < 4.78 is 5.37. The number of hydrogen-bond donors (Lipinski definition) is 2. The summed E-state index contributed by atoms with van der Waals surface area (Å²) >= 11 is 0. The molecule has 0 unspecified atom stereocenters. The van der Waals surface area contributed by atoms with Crippen molar-refractivity contribution in [3.63, 3.8) is 0 Å². The largest absolute Gasteiger partial charge is 0.496 e. The van der Waals surface area contributed by atoms with E-state index < -0.39 is 0 Å². The SMILES string of the molecule is COc1ccccc1CCNc1cc(NCc2ccncc2)ncn1. The number of nitrogens with zero attached hydrogens (tertiary/aromatic N) is 3. The Kier molecular flexibility index (Phi) is 5.77. The van der Waals surface area contributed by atoms with Crippen molar-refractivity contribution in [3.05, 3.63) is 72.3 Å². The molecular weight excluding hydrogens is 314 g/mol. The zero-order valence-electron chi connectivity index (χ0n) is 14.1. The molecule has 0 radical (unpaired) electrons. The number of ether oxygens (including phenoxy) is 1. The minimum Gasteiger partial charge on any atom is -0.496 e. The van der Waals surface area contributed by atoms with Crippen LogP contribution in [0, 0.1) is 0 Å². The number of aromatic nitrogens is 3. The molecule has 0 aliphatic rings. The number of rotatable bonds is 8. The third kappa shape index (κ3) is 4.91. The quantitative estimate of drug-likeness (QED) is 0.659. The minimum absolute atomic E-state index is 0.695. The molecule has 2 aromatic heterocycles. The summed E-state index contributed by atoms with van der Waals surface area (Å²) in [6, 6.07) is 13.9. The third-order valence-electron chi connectivity index (χ3n) is 3.78.